The first kappa shape index (κ1) is 13.7. The van der Waals surface area contributed by atoms with Crippen LogP contribution < -0.4 is 21.1 Å². The summed E-state index contributed by atoms with van der Waals surface area (Å²) >= 11 is 3.28. The summed E-state index contributed by atoms with van der Waals surface area (Å²) in [6, 6.07) is 7.85. The zero-order valence-corrected chi connectivity index (χ0v) is 12.3. The minimum absolute atomic E-state index is 0.0436. The van der Waals surface area contributed by atoms with Gasteiger partial charge < -0.3 is 21.1 Å². The molecule has 21 heavy (non-hydrogen) atoms. The molecule has 0 saturated heterocycles. The van der Waals surface area contributed by atoms with Crippen molar-refractivity contribution >= 4 is 44.6 Å². The number of fused-ring (bicyclic) bond motifs is 1. The predicted molar refractivity (Wildman–Crippen MR) is 82.4 cm³/mol. The number of anilines is 4. The highest BCUT2D eigenvalue weighted by atomic mass is 79.9. The van der Waals surface area contributed by atoms with Crippen LogP contribution in [0.5, 0.6) is 5.75 Å². The number of amides is 1. The van der Waals surface area contributed by atoms with E-state index in [1.54, 1.807) is 24.3 Å². The van der Waals surface area contributed by atoms with Gasteiger partial charge in [0.15, 0.2) is 6.61 Å². The number of hydrogen-bond donors (Lipinski definition) is 3. The van der Waals surface area contributed by atoms with Crippen LogP contribution >= 0.6 is 15.9 Å². The van der Waals surface area contributed by atoms with E-state index in [9.17, 15) is 9.18 Å². The van der Waals surface area contributed by atoms with Crippen LogP contribution in [-0.4, -0.2) is 12.5 Å². The molecule has 1 heterocycles. The number of rotatable bonds is 2. The van der Waals surface area contributed by atoms with Gasteiger partial charge in [0.2, 0.25) is 0 Å². The summed E-state index contributed by atoms with van der Waals surface area (Å²) in [6.07, 6.45) is 0. The van der Waals surface area contributed by atoms with Gasteiger partial charge in [-0.25, -0.2) is 4.39 Å². The molecule has 0 fully saturated rings. The molecule has 1 amide bonds. The van der Waals surface area contributed by atoms with Crippen molar-refractivity contribution in [3.05, 3.63) is 40.6 Å². The molecular weight excluding hydrogens is 341 g/mol. The normalized spacial score (nSPS) is 13.1. The molecule has 1 aliphatic rings. The van der Waals surface area contributed by atoms with Gasteiger partial charge in [0.25, 0.3) is 5.91 Å². The molecule has 0 aliphatic carbocycles. The smallest absolute Gasteiger partial charge is 0.262 e. The van der Waals surface area contributed by atoms with Crippen LogP contribution in [0.2, 0.25) is 0 Å². The molecule has 7 heteroatoms. The second kappa shape index (κ2) is 5.25. The van der Waals surface area contributed by atoms with Crippen molar-refractivity contribution in [1.82, 2.24) is 0 Å². The van der Waals surface area contributed by atoms with Crippen molar-refractivity contribution in [2.45, 2.75) is 0 Å². The lowest BCUT2D eigenvalue weighted by Gasteiger charge is -2.20. The Balaban J connectivity index is 1.99. The first-order valence-corrected chi connectivity index (χ1v) is 6.91. The minimum Gasteiger partial charge on any atom is -0.482 e. The predicted octanol–water partition coefficient (Wildman–Crippen LogP) is 3.24. The molecule has 0 radical (unpaired) electrons. The minimum atomic E-state index is -0.415. The first-order chi connectivity index (χ1) is 10.0. The average molecular weight is 352 g/mol. The number of nitrogen functional groups attached to an aromatic ring is 1. The number of nitrogens with two attached hydrogens (primary N) is 1. The van der Waals surface area contributed by atoms with Gasteiger partial charge in [-0.1, -0.05) is 6.07 Å². The van der Waals surface area contributed by atoms with E-state index in [4.69, 9.17) is 10.5 Å². The number of ether oxygens (including phenoxy) is 1. The molecular formula is C14H11BrFN3O2. The van der Waals surface area contributed by atoms with Gasteiger partial charge in [0, 0.05) is 10.5 Å². The van der Waals surface area contributed by atoms with E-state index in [2.05, 4.69) is 26.6 Å². The molecule has 0 bridgehead atoms. The lowest BCUT2D eigenvalue weighted by molar-refractivity contribution is -0.118. The number of nitrogens with one attached hydrogen (secondary N) is 2. The fraction of sp³-hybridized carbons (Fsp3) is 0.0714. The van der Waals surface area contributed by atoms with E-state index in [0.29, 0.717) is 27.3 Å². The van der Waals surface area contributed by atoms with Crippen LogP contribution in [0.4, 0.5) is 27.1 Å². The van der Waals surface area contributed by atoms with Crippen molar-refractivity contribution in [3.8, 4) is 5.75 Å². The molecule has 2 aromatic carbocycles. The molecule has 0 saturated carbocycles. The monoisotopic (exact) mass is 351 g/mol. The summed E-state index contributed by atoms with van der Waals surface area (Å²) in [5.74, 6) is -0.169. The second-order valence-corrected chi connectivity index (χ2v) is 5.35. The van der Waals surface area contributed by atoms with Crippen molar-refractivity contribution < 1.29 is 13.9 Å². The summed E-state index contributed by atoms with van der Waals surface area (Å²) in [5.41, 5.74) is 7.57. The van der Waals surface area contributed by atoms with E-state index in [1.165, 1.54) is 6.07 Å². The van der Waals surface area contributed by atoms with E-state index in [-0.39, 0.29) is 18.2 Å². The van der Waals surface area contributed by atoms with Gasteiger partial charge in [-0.15, -0.1) is 0 Å². The lowest BCUT2D eigenvalue weighted by Crippen LogP contribution is -2.25. The third-order valence-corrected chi connectivity index (χ3v) is 3.67. The first-order valence-electron chi connectivity index (χ1n) is 6.12. The van der Waals surface area contributed by atoms with E-state index < -0.39 is 5.82 Å². The number of para-hydroxylation sites is 1. The zero-order valence-electron chi connectivity index (χ0n) is 10.7. The van der Waals surface area contributed by atoms with Crippen molar-refractivity contribution in [3.63, 3.8) is 0 Å². The molecule has 0 aromatic heterocycles. The number of carbonyl (C=O) groups excluding carboxylic acids is 1. The van der Waals surface area contributed by atoms with Crippen LogP contribution in [0.15, 0.2) is 34.8 Å². The molecule has 5 nitrogen and oxygen atoms in total. The molecule has 4 N–H and O–H groups in total. The van der Waals surface area contributed by atoms with Gasteiger partial charge in [-0.3, -0.25) is 4.79 Å². The number of benzene rings is 2. The van der Waals surface area contributed by atoms with Gasteiger partial charge in [-0.05, 0) is 34.1 Å². The topological polar surface area (TPSA) is 76.4 Å². The van der Waals surface area contributed by atoms with Crippen molar-refractivity contribution in [2.24, 2.45) is 0 Å². The standard InChI is InChI=1S/C14H11BrFN3O2/c15-7-2-1-3-8(16)14(7)19-10-5-11-12(4-9(10)17)21-6-13(20)18-11/h1-5,19H,6,17H2,(H,18,20). The Morgan fingerprint density at radius 3 is 2.95 bits per heavy atom. The highest BCUT2D eigenvalue weighted by molar-refractivity contribution is 9.10. The summed E-state index contributed by atoms with van der Waals surface area (Å²) < 4.78 is 19.7. The largest absolute Gasteiger partial charge is 0.482 e. The lowest BCUT2D eigenvalue weighted by atomic mass is 10.2. The van der Waals surface area contributed by atoms with Gasteiger partial charge in [-0.2, -0.15) is 0 Å². The maximum Gasteiger partial charge on any atom is 0.262 e. The summed E-state index contributed by atoms with van der Waals surface area (Å²) in [4.78, 5) is 11.3. The molecule has 0 unspecified atom stereocenters. The number of halogens is 2. The molecule has 2 aromatic rings. The van der Waals surface area contributed by atoms with Gasteiger partial charge in [0.05, 0.1) is 22.7 Å². The highest BCUT2D eigenvalue weighted by Gasteiger charge is 2.18. The SMILES string of the molecule is Nc1cc2c(cc1Nc1c(F)cccc1Br)NC(=O)CO2. The maximum atomic E-state index is 13.8. The van der Waals surface area contributed by atoms with E-state index in [0.717, 1.165) is 0 Å². The van der Waals surface area contributed by atoms with Crippen LogP contribution in [0.1, 0.15) is 0 Å². The van der Waals surface area contributed by atoms with Crippen LogP contribution in [-0.2, 0) is 4.79 Å². The highest BCUT2D eigenvalue weighted by Crippen LogP contribution is 2.38. The quantitative estimate of drug-likeness (QED) is 0.726. The third kappa shape index (κ3) is 2.64. The summed E-state index contributed by atoms with van der Waals surface area (Å²) in [7, 11) is 0. The van der Waals surface area contributed by atoms with Crippen LogP contribution in [0.3, 0.4) is 0 Å². The summed E-state index contributed by atoms with van der Waals surface area (Å²) in [6.45, 7) is -0.0436. The fourth-order valence-corrected chi connectivity index (χ4v) is 2.44. The molecule has 0 atom stereocenters. The Bertz CT molecular complexity index is 716. The van der Waals surface area contributed by atoms with E-state index in [1.807, 2.05) is 0 Å². The number of carbonyl (C=O) groups is 1. The van der Waals surface area contributed by atoms with Crippen LogP contribution in [0, 0.1) is 5.82 Å². The molecule has 3 rings (SSSR count). The third-order valence-electron chi connectivity index (χ3n) is 3.01. The Kier molecular flexibility index (Phi) is 3.42. The zero-order chi connectivity index (χ0) is 15.0. The Labute approximate surface area is 128 Å². The number of hydrogen-bond acceptors (Lipinski definition) is 4. The summed E-state index contributed by atoms with van der Waals surface area (Å²) in [5, 5.41) is 5.60. The second-order valence-electron chi connectivity index (χ2n) is 4.49. The molecule has 0 spiro atoms. The van der Waals surface area contributed by atoms with Crippen molar-refractivity contribution in [2.75, 3.05) is 23.0 Å². The Morgan fingerprint density at radius 1 is 1.38 bits per heavy atom. The fourth-order valence-electron chi connectivity index (χ4n) is 2.00. The van der Waals surface area contributed by atoms with Crippen LogP contribution in [0.25, 0.3) is 0 Å². The maximum absolute atomic E-state index is 13.8. The van der Waals surface area contributed by atoms with Crippen molar-refractivity contribution in [1.29, 1.82) is 0 Å². The van der Waals surface area contributed by atoms with E-state index >= 15 is 0 Å². The molecule has 1 aliphatic heterocycles. The average Bonchev–Trinajstić information content (AvgIpc) is 2.44. The Morgan fingerprint density at radius 2 is 2.19 bits per heavy atom. The molecule has 108 valence electrons. The van der Waals surface area contributed by atoms with Gasteiger partial charge >= 0.3 is 0 Å². The van der Waals surface area contributed by atoms with Gasteiger partial charge in [0.1, 0.15) is 11.6 Å². The Hall–Kier alpha value is -2.28.